The lowest BCUT2D eigenvalue weighted by Gasteiger charge is -2.17. The highest BCUT2D eigenvalue weighted by molar-refractivity contribution is 5.30. The van der Waals surface area contributed by atoms with Gasteiger partial charge in [-0.25, -0.2) is 4.39 Å². The van der Waals surface area contributed by atoms with Gasteiger partial charge in [-0.05, 0) is 48.2 Å². The zero-order valence-electron chi connectivity index (χ0n) is 11.7. The number of hydrogen-bond donors (Lipinski definition) is 2. The molecule has 3 N–H and O–H groups in total. The van der Waals surface area contributed by atoms with Crippen molar-refractivity contribution in [2.75, 3.05) is 7.11 Å². The van der Waals surface area contributed by atoms with Crippen molar-refractivity contribution in [1.29, 1.82) is 0 Å². The van der Waals surface area contributed by atoms with Crippen LogP contribution in [0.2, 0.25) is 0 Å². The highest BCUT2D eigenvalue weighted by atomic mass is 19.1. The third-order valence-electron chi connectivity index (χ3n) is 3.40. The van der Waals surface area contributed by atoms with Crippen LogP contribution in [-0.2, 0) is 6.42 Å². The fraction of sp³-hybridized carbons (Fsp3) is 0.250. The maximum absolute atomic E-state index is 13.6. The smallest absolute Gasteiger partial charge is 0.126 e. The van der Waals surface area contributed by atoms with Crippen LogP contribution in [-0.4, -0.2) is 7.11 Å². The molecule has 1 unspecified atom stereocenters. The van der Waals surface area contributed by atoms with Gasteiger partial charge in [0.15, 0.2) is 0 Å². The molecule has 0 aromatic heterocycles. The monoisotopic (exact) mass is 274 g/mol. The normalized spacial score (nSPS) is 12.2. The van der Waals surface area contributed by atoms with Gasteiger partial charge in [-0.3, -0.25) is 11.3 Å². The third-order valence-corrected chi connectivity index (χ3v) is 3.40. The van der Waals surface area contributed by atoms with Gasteiger partial charge in [0.1, 0.15) is 11.6 Å². The third kappa shape index (κ3) is 3.35. The Bertz CT molecular complexity index is 569. The Kier molecular flexibility index (Phi) is 4.71. The lowest BCUT2D eigenvalue weighted by atomic mass is 9.98. The summed E-state index contributed by atoms with van der Waals surface area (Å²) in [5, 5.41) is 0. The first kappa shape index (κ1) is 14.5. The summed E-state index contributed by atoms with van der Waals surface area (Å²) in [4.78, 5) is 0. The molecule has 0 radical (unpaired) electrons. The second-order valence-corrected chi connectivity index (χ2v) is 4.78. The Morgan fingerprint density at radius 1 is 1.20 bits per heavy atom. The second-order valence-electron chi connectivity index (χ2n) is 4.78. The molecule has 0 aliphatic heterocycles. The number of halogens is 1. The number of aryl methyl sites for hydroxylation is 1. The molecule has 0 saturated heterocycles. The van der Waals surface area contributed by atoms with Crippen LogP contribution in [0.3, 0.4) is 0 Å². The van der Waals surface area contributed by atoms with Crippen LogP contribution >= 0.6 is 0 Å². The number of ether oxygens (including phenoxy) is 1. The van der Waals surface area contributed by atoms with E-state index in [9.17, 15) is 4.39 Å². The lowest BCUT2D eigenvalue weighted by Crippen LogP contribution is -2.29. The van der Waals surface area contributed by atoms with Crippen LogP contribution in [0.5, 0.6) is 5.75 Å². The minimum atomic E-state index is -0.211. The highest BCUT2D eigenvalue weighted by Gasteiger charge is 2.12. The Hall–Kier alpha value is -1.91. The molecular formula is C16H19FN2O. The minimum absolute atomic E-state index is 0.126. The van der Waals surface area contributed by atoms with Crippen molar-refractivity contribution in [1.82, 2.24) is 5.43 Å². The number of hydrazine groups is 1. The molecule has 3 nitrogen and oxygen atoms in total. The molecule has 0 heterocycles. The van der Waals surface area contributed by atoms with Gasteiger partial charge < -0.3 is 4.74 Å². The quantitative estimate of drug-likeness (QED) is 0.651. The van der Waals surface area contributed by atoms with Gasteiger partial charge >= 0.3 is 0 Å². The van der Waals surface area contributed by atoms with Gasteiger partial charge in [-0.15, -0.1) is 0 Å². The summed E-state index contributed by atoms with van der Waals surface area (Å²) in [5.41, 5.74) is 5.32. The predicted octanol–water partition coefficient (Wildman–Crippen LogP) is 2.89. The van der Waals surface area contributed by atoms with Crippen molar-refractivity contribution in [2.24, 2.45) is 5.84 Å². The Balaban J connectivity index is 2.16. The van der Waals surface area contributed by atoms with Crippen molar-refractivity contribution in [2.45, 2.75) is 19.4 Å². The number of hydrogen-bond acceptors (Lipinski definition) is 3. The molecule has 0 bridgehead atoms. The molecule has 0 spiro atoms. The summed E-state index contributed by atoms with van der Waals surface area (Å²) in [5.74, 6) is 6.20. The zero-order chi connectivity index (χ0) is 14.5. The molecule has 2 aromatic rings. The van der Waals surface area contributed by atoms with E-state index in [1.807, 2.05) is 30.3 Å². The molecule has 0 aliphatic carbocycles. The van der Waals surface area contributed by atoms with E-state index < -0.39 is 0 Å². The average molecular weight is 274 g/mol. The van der Waals surface area contributed by atoms with E-state index >= 15 is 0 Å². The van der Waals surface area contributed by atoms with Crippen LogP contribution in [0.1, 0.15) is 22.7 Å². The molecule has 0 saturated carbocycles. The van der Waals surface area contributed by atoms with E-state index in [1.165, 1.54) is 6.07 Å². The SMILES string of the molecule is COc1ccc(CC(NN)c2ccc(C)c(F)c2)cc1. The molecule has 0 amide bonds. The molecule has 20 heavy (non-hydrogen) atoms. The van der Waals surface area contributed by atoms with Gasteiger partial charge in [0.2, 0.25) is 0 Å². The summed E-state index contributed by atoms with van der Waals surface area (Å²) in [6.07, 6.45) is 0.684. The topological polar surface area (TPSA) is 47.3 Å². The summed E-state index contributed by atoms with van der Waals surface area (Å²) in [7, 11) is 1.63. The largest absolute Gasteiger partial charge is 0.497 e. The number of methoxy groups -OCH3 is 1. The summed E-state index contributed by atoms with van der Waals surface area (Å²) >= 11 is 0. The van der Waals surface area contributed by atoms with E-state index in [0.29, 0.717) is 12.0 Å². The van der Waals surface area contributed by atoms with E-state index in [4.69, 9.17) is 10.6 Å². The van der Waals surface area contributed by atoms with Crippen LogP contribution in [0.15, 0.2) is 42.5 Å². The van der Waals surface area contributed by atoms with E-state index in [0.717, 1.165) is 16.9 Å². The van der Waals surface area contributed by atoms with Crippen molar-refractivity contribution in [3.8, 4) is 5.75 Å². The predicted molar refractivity (Wildman–Crippen MR) is 77.9 cm³/mol. The van der Waals surface area contributed by atoms with Gasteiger partial charge in [-0.1, -0.05) is 24.3 Å². The molecule has 2 aromatic carbocycles. The fourth-order valence-electron chi connectivity index (χ4n) is 2.10. The van der Waals surface area contributed by atoms with Crippen molar-refractivity contribution in [3.05, 3.63) is 65.0 Å². The van der Waals surface area contributed by atoms with Gasteiger partial charge in [-0.2, -0.15) is 0 Å². The molecule has 0 fully saturated rings. The summed E-state index contributed by atoms with van der Waals surface area (Å²) in [6, 6.07) is 12.8. The first-order valence-corrected chi connectivity index (χ1v) is 6.49. The van der Waals surface area contributed by atoms with E-state index in [-0.39, 0.29) is 11.9 Å². The molecule has 106 valence electrons. The molecule has 2 rings (SSSR count). The van der Waals surface area contributed by atoms with Crippen LogP contribution in [0.25, 0.3) is 0 Å². The minimum Gasteiger partial charge on any atom is -0.497 e. The number of nitrogens with two attached hydrogens (primary N) is 1. The van der Waals surface area contributed by atoms with E-state index in [2.05, 4.69) is 5.43 Å². The number of benzene rings is 2. The van der Waals surface area contributed by atoms with Crippen LogP contribution in [0, 0.1) is 12.7 Å². The molecule has 1 atom stereocenters. The Morgan fingerprint density at radius 2 is 1.90 bits per heavy atom. The summed E-state index contributed by atoms with van der Waals surface area (Å²) < 4.78 is 18.8. The Labute approximate surface area is 118 Å². The van der Waals surface area contributed by atoms with Crippen molar-refractivity contribution >= 4 is 0 Å². The van der Waals surface area contributed by atoms with Gasteiger partial charge in [0.05, 0.1) is 13.2 Å². The second kappa shape index (κ2) is 6.50. The first-order valence-electron chi connectivity index (χ1n) is 6.49. The van der Waals surface area contributed by atoms with Crippen LogP contribution in [0.4, 0.5) is 4.39 Å². The fourth-order valence-corrected chi connectivity index (χ4v) is 2.10. The van der Waals surface area contributed by atoms with Gasteiger partial charge in [0, 0.05) is 0 Å². The molecular weight excluding hydrogens is 255 g/mol. The van der Waals surface area contributed by atoms with E-state index in [1.54, 1.807) is 20.1 Å². The maximum atomic E-state index is 13.6. The van der Waals surface area contributed by atoms with Gasteiger partial charge in [0.25, 0.3) is 0 Å². The maximum Gasteiger partial charge on any atom is 0.126 e. The molecule has 0 aliphatic rings. The number of nitrogens with one attached hydrogen (secondary N) is 1. The average Bonchev–Trinajstić information content (AvgIpc) is 2.48. The first-order chi connectivity index (χ1) is 9.63. The zero-order valence-corrected chi connectivity index (χ0v) is 11.7. The standard InChI is InChI=1S/C16H19FN2O/c1-11-3-6-13(10-15(11)17)16(19-18)9-12-4-7-14(20-2)8-5-12/h3-8,10,16,19H,9,18H2,1-2H3. The lowest BCUT2D eigenvalue weighted by molar-refractivity contribution is 0.414. The Morgan fingerprint density at radius 3 is 2.45 bits per heavy atom. The van der Waals surface area contributed by atoms with Crippen LogP contribution < -0.4 is 16.0 Å². The van der Waals surface area contributed by atoms with Crippen molar-refractivity contribution in [3.63, 3.8) is 0 Å². The molecule has 4 heteroatoms. The summed E-state index contributed by atoms with van der Waals surface area (Å²) in [6.45, 7) is 1.74. The highest BCUT2D eigenvalue weighted by Crippen LogP contribution is 2.21. The van der Waals surface area contributed by atoms with Crippen molar-refractivity contribution < 1.29 is 9.13 Å². The number of rotatable bonds is 5.